The highest BCUT2D eigenvalue weighted by Crippen LogP contribution is 2.39. The molecule has 0 bridgehead atoms. The molecule has 2 N–H and O–H groups in total. The van der Waals surface area contributed by atoms with Crippen molar-refractivity contribution < 1.29 is 27.9 Å². The summed E-state index contributed by atoms with van der Waals surface area (Å²) in [7, 11) is 3.36. The van der Waals surface area contributed by atoms with Crippen LogP contribution < -0.4 is 15.5 Å². The summed E-state index contributed by atoms with van der Waals surface area (Å²) in [6, 6.07) is 14.5. The van der Waals surface area contributed by atoms with Gasteiger partial charge in [-0.05, 0) is 51.1 Å². The molecule has 3 aromatic carbocycles. The van der Waals surface area contributed by atoms with Crippen molar-refractivity contribution in [1.82, 2.24) is 0 Å². The summed E-state index contributed by atoms with van der Waals surface area (Å²) >= 11 is 0. The number of ketones is 1. The van der Waals surface area contributed by atoms with Crippen molar-refractivity contribution in [3.8, 4) is 17.2 Å². The zero-order valence-electron chi connectivity index (χ0n) is 22.2. The summed E-state index contributed by atoms with van der Waals surface area (Å²) in [6.07, 6.45) is -1.38. The number of nitrogens with one attached hydrogen (secondary N) is 2. The Morgan fingerprint density at radius 3 is 2.26 bits per heavy atom. The first kappa shape index (κ1) is 28.8. The van der Waals surface area contributed by atoms with E-state index in [-0.39, 0.29) is 33.6 Å². The van der Waals surface area contributed by atoms with Gasteiger partial charge in [-0.3, -0.25) is 14.9 Å². The fraction of sp³-hybridized carbons (Fsp3) is 0.241. The fourth-order valence-electron chi connectivity index (χ4n) is 3.71. The quantitative estimate of drug-likeness (QED) is 0.279. The molecule has 39 heavy (non-hydrogen) atoms. The monoisotopic (exact) mass is 534 g/mol. The predicted octanol–water partition coefficient (Wildman–Crippen LogP) is 6.13. The van der Waals surface area contributed by atoms with Crippen LogP contribution in [0.15, 0.2) is 54.6 Å². The van der Waals surface area contributed by atoms with Gasteiger partial charge in [-0.1, -0.05) is 24.3 Å². The van der Waals surface area contributed by atoms with Gasteiger partial charge in [-0.15, -0.1) is 0 Å². The number of carbonyl (C=O) groups is 3. The molecule has 0 atom stereocenters. The standard InChI is InChI=1S/C29H28F2N4O4/c1-29(2,3)39-28(38)34-23-14-24(35(4)5)20(19-10-7-11-21(30)27(19)31)13-22(23)33-26(37)15-25(36)18-9-6-8-17(12-18)16-32/h6-14H,15H2,1-5H3,(H,33,37)(H,34,38). The first-order chi connectivity index (χ1) is 18.3. The largest absolute Gasteiger partial charge is 0.444 e. The van der Waals surface area contributed by atoms with E-state index in [2.05, 4.69) is 10.6 Å². The number of halogens is 2. The molecule has 0 saturated heterocycles. The predicted molar refractivity (Wildman–Crippen MR) is 145 cm³/mol. The van der Waals surface area contributed by atoms with Crippen molar-refractivity contribution in [1.29, 1.82) is 5.26 Å². The van der Waals surface area contributed by atoms with Crippen LogP contribution in [0.5, 0.6) is 0 Å². The van der Waals surface area contributed by atoms with Crippen LogP contribution in [0.4, 0.5) is 30.6 Å². The number of hydrogen-bond donors (Lipinski definition) is 2. The molecule has 3 rings (SSSR count). The number of hydrogen-bond acceptors (Lipinski definition) is 6. The zero-order chi connectivity index (χ0) is 28.9. The molecule has 0 aliphatic carbocycles. The maximum Gasteiger partial charge on any atom is 0.412 e. The molecule has 0 heterocycles. The van der Waals surface area contributed by atoms with Crippen LogP contribution in [0, 0.1) is 23.0 Å². The third kappa shape index (κ3) is 7.38. The van der Waals surface area contributed by atoms with E-state index in [1.54, 1.807) is 39.8 Å². The molecular formula is C29H28F2N4O4. The lowest BCUT2D eigenvalue weighted by Crippen LogP contribution is -2.28. The van der Waals surface area contributed by atoms with Crippen molar-refractivity contribution in [3.05, 3.63) is 77.4 Å². The lowest BCUT2D eigenvalue weighted by molar-refractivity contribution is -0.115. The highest BCUT2D eigenvalue weighted by atomic mass is 19.2. The normalized spacial score (nSPS) is 10.8. The van der Waals surface area contributed by atoms with Crippen LogP contribution in [0.2, 0.25) is 0 Å². The van der Waals surface area contributed by atoms with Gasteiger partial charge in [-0.25, -0.2) is 13.6 Å². The molecule has 3 aromatic rings. The summed E-state index contributed by atoms with van der Waals surface area (Å²) in [6.45, 7) is 5.05. The van der Waals surface area contributed by atoms with Crippen molar-refractivity contribution in [2.24, 2.45) is 0 Å². The Bertz CT molecular complexity index is 1470. The molecule has 0 spiro atoms. The van der Waals surface area contributed by atoms with Gasteiger partial charge in [-0.2, -0.15) is 5.26 Å². The molecule has 10 heteroatoms. The summed E-state index contributed by atoms with van der Waals surface area (Å²) in [5, 5.41) is 14.2. The molecule has 0 fully saturated rings. The van der Waals surface area contributed by atoms with Gasteiger partial charge in [0.05, 0.1) is 29.4 Å². The second-order valence-electron chi connectivity index (χ2n) is 9.88. The van der Waals surface area contributed by atoms with Gasteiger partial charge in [0, 0.05) is 36.5 Å². The maximum atomic E-state index is 14.8. The highest BCUT2D eigenvalue weighted by Gasteiger charge is 2.23. The Morgan fingerprint density at radius 1 is 0.949 bits per heavy atom. The molecule has 202 valence electrons. The third-order valence-corrected chi connectivity index (χ3v) is 5.40. The Morgan fingerprint density at radius 2 is 1.62 bits per heavy atom. The van der Waals surface area contributed by atoms with E-state index < -0.39 is 41.4 Å². The van der Waals surface area contributed by atoms with Crippen LogP contribution in [-0.4, -0.2) is 37.5 Å². The van der Waals surface area contributed by atoms with Crippen molar-refractivity contribution in [2.75, 3.05) is 29.6 Å². The number of rotatable bonds is 7. The minimum absolute atomic E-state index is 0.0358. The Labute approximate surface area is 225 Å². The van der Waals surface area contributed by atoms with Crippen LogP contribution in [-0.2, 0) is 9.53 Å². The lowest BCUT2D eigenvalue weighted by Gasteiger charge is -2.24. The minimum Gasteiger partial charge on any atom is -0.444 e. The van der Waals surface area contributed by atoms with Gasteiger partial charge >= 0.3 is 6.09 Å². The van der Waals surface area contributed by atoms with Crippen molar-refractivity contribution in [2.45, 2.75) is 32.8 Å². The van der Waals surface area contributed by atoms with E-state index in [4.69, 9.17) is 10.00 Å². The van der Waals surface area contributed by atoms with Gasteiger partial charge in [0.15, 0.2) is 17.4 Å². The van der Waals surface area contributed by atoms with Gasteiger partial charge in [0.2, 0.25) is 5.91 Å². The van der Waals surface area contributed by atoms with E-state index >= 15 is 0 Å². The second-order valence-corrected chi connectivity index (χ2v) is 9.88. The SMILES string of the molecule is CN(C)c1cc(NC(=O)OC(C)(C)C)c(NC(=O)CC(=O)c2cccc(C#N)c2)cc1-c1cccc(F)c1F. The number of nitriles is 1. The fourth-order valence-corrected chi connectivity index (χ4v) is 3.71. The molecule has 8 nitrogen and oxygen atoms in total. The van der Waals surface area contributed by atoms with E-state index in [0.717, 1.165) is 6.07 Å². The van der Waals surface area contributed by atoms with Gasteiger partial charge < -0.3 is 15.0 Å². The van der Waals surface area contributed by atoms with Gasteiger partial charge in [0.1, 0.15) is 5.60 Å². The highest BCUT2D eigenvalue weighted by molar-refractivity contribution is 6.12. The molecule has 0 aliphatic heterocycles. The Balaban J connectivity index is 2.04. The first-order valence-corrected chi connectivity index (χ1v) is 11.9. The number of nitrogens with zero attached hydrogens (tertiary/aromatic N) is 2. The van der Waals surface area contributed by atoms with E-state index in [1.165, 1.54) is 48.5 Å². The lowest BCUT2D eigenvalue weighted by atomic mass is 10.00. The van der Waals surface area contributed by atoms with E-state index in [0.29, 0.717) is 5.69 Å². The second kappa shape index (κ2) is 11.7. The summed E-state index contributed by atoms with van der Waals surface area (Å²) < 4.78 is 34.2. The first-order valence-electron chi connectivity index (χ1n) is 11.9. The molecule has 2 amide bonds. The van der Waals surface area contributed by atoms with Crippen LogP contribution in [0.25, 0.3) is 11.1 Å². The Hall–Kier alpha value is -4.78. The maximum absolute atomic E-state index is 14.8. The van der Waals surface area contributed by atoms with Crippen LogP contribution in [0.3, 0.4) is 0 Å². The number of benzene rings is 3. The average molecular weight is 535 g/mol. The molecular weight excluding hydrogens is 506 g/mol. The molecule has 0 unspecified atom stereocenters. The van der Waals surface area contributed by atoms with Crippen LogP contribution in [0.1, 0.15) is 43.1 Å². The third-order valence-electron chi connectivity index (χ3n) is 5.40. The number of carbonyl (C=O) groups excluding carboxylic acids is 3. The smallest absolute Gasteiger partial charge is 0.412 e. The van der Waals surface area contributed by atoms with Crippen LogP contribution >= 0.6 is 0 Å². The van der Waals surface area contributed by atoms with Crippen molar-refractivity contribution >= 4 is 34.8 Å². The average Bonchev–Trinajstić information content (AvgIpc) is 2.85. The minimum atomic E-state index is -1.08. The molecule has 0 saturated carbocycles. The number of anilines is 3. The summed E-state index contributed by atoms with van der Waals surface area (Å²) in [5.74, 6) is -3.40. The Kier molecular flexibility index (Phi) is 8.66. The number of amides is 2. The number of ether oxygens (including phenoxy) is 1. The number of Topliss-reactive ketones (excluding diaryl/α,β-unsaturated/α-hetero) is 1. The summed E-state index contributed by atoms with van der Waals surface area (Å²) in [4.78, 5) is 39.8. The van der Waals surface area contributed by atoms with E-state index in [9.17, 15) is 23.2 Å². The molecule has 0 aliphatic rings. The zero-order valence-corrected chi connectivity index (χ0v) is 22.2. The molecule has 0 radical (unpaired) electrons. The topological polar surface area (TPSA) is 112 Å². The summed E-state index contributed by atoms with van der Waals surface area (Å²) in [5.41, 5.74) is 0.361. The molecule has 0 aromatic heterocycles. The van der Waals surface area contributed by atoms with Gasteiger partial charge in [0.25, 0.3) is 0 Å². The van der Waals surface area contributed by atoms with Crippen molar-refractivity contribution in [3.63, 3.8) is 0 Å². The van der Waals surface area contributed by atoms with E-state index in [1.807, 2.05) is 6.07 Å².